The Morgan fingerprint density at radius 2 is 1.78 bits per heavy atom. The van der Waals surface area contributed by atoms with Crippen LogP contribution in [-0.4, -0.2) is 31.9 Å². The van der Waals surface area contributed by atoms with E-state index >= 15 is 0 Å². The summed E-state index contributed by atoms with van der Waals surface area (Å²) in [6, 6.07) is 24.5. The average Bonchev–Trinajstić information content (AvgIpc) is 3.20. The van der Waals surface area contributed by atoms with Crippen molar-refractivity contribution in [1.29, 1.82) is 0 Å². The molecule has 2 N–H and O–H groups in total. The summed E-state index contributed by atoms with van der Waals surface area (Å²) in [5, 5.41) is 15.6. The largest absolute Gasteiger partial charge is 1.00 e. The van der Waals surface area contributed by atoms with E-state index in [-0.39, 0.29) is 36.5 Å². The van der Waals surface area contributed by atoms with Crippen LogP contribution >= 0.6 is 0 Å². The number of imidazole rings is 1. The topological polar surface area (TPSA) is 128 Å². The molecule has 0 aliphatic rings. The van der Waals surface area contributed by atoms with Crippen molar-refractivity contribution >= 4 is 23.0 Å². The minimum Gasteiger partial charge on any atom is -0.545 e. The smallest absolute Gasteiger partial charge is 0.545 e. The molecule has 0 bridgehead atoms. The number of aromatic nitrogens is 4. The molecular weight excluding hydrogens is 465 g/mol. The molecule has 0 saturated heterocycles. The van der Waals surface area contributed by atoms with Crippen LogP contribution in [0.25, 0.3) is 22.3 Å². The number of anilines is 1. The number of para-hydroxylation sites is 2. The van der Waals surface area contributed by atoms with Gasteiger partial charge in [-0.3, -0.25) is 4.79 Å². The monoisotopic (exact) mass is 487 g/mol. The van der Waals surface area contributed by atoms with Crippen molar-refractivity contribution in [2.75, 3.05) is 12.3 Å². The number of carbonyl (C=O) groups excluding carboxylic acids is 1. The van der Waals surface area contributed by atoms with Crippen molar-refractivity contribution in [1.82, 2.24) is 19.3 Å². The van der Waals surface area contributed by atoms with Gasteiger partial charge in [0.2, 0.25) is 5.95 Å². The SMILES string of the molecule is Nc1nc2ccccc2n1CCOc1cccc(-c2ccc(=O)n(Cc3cccc(C(=O)[O-])c3)n2)c1.[Li+]. The van der Waals surface area contributed by atoms with Gasteiger partial charge in [-0.2, -0.15) is 5.10 Å². The van der Waals surface area contributed by atoms with Gasteiger partial charge in [0, 0.05) is 11.6 Å². The number of hydrogen-bond donors (Lipinski definition) is 1. The molecule has 0 amide bonds. The number of aromatic carboxylic acids is 1. The molecule has 9 nitrogen and oxygen atoms in total. The summed E-state index contributed by atoms with van der Waals surface area (Å²) in [5.41, 5.74) is 9.59. The first-order valence-corrected chi connectivity index (χ1v) is 11.3. The Kier molecular flexibility index (Phi) is 7.77. The van der Waals surface area contributed by atoms with Crippen LogP contribution in [0.3, 0.4) is 0 Å². The van der Waals surface area contributed by atoms with Gasteiger partial charge in [0.1, 0.15) is 12.4 Å². The van der Waals surface area contributed by atoms with E-state index in [2.05, 4.69) is 10.1 Å². The Morgan fingerprint density at radius 1 is 0.973 bits per heavy atom. The molecule has 10 heteroatoms. The van der Waals surface area contributed by atoms with Gasteiger partial charge in [-0.15, -0.1) is 0 Å². The number of carboxylic acid groups (broad SMARTS) is 1. The fourth-order valence-electron chi connectivity index (χ4n) is 4.01. The molecule has 0 atom stereocenters. The second kappa shape index (κ2) is 11.2. The van der Waals surface area contributed by atoms with Gasteiger partial charge in [-0.25, -0.2) is 9.67 Å². The number of fused-ring (bicyclic) bond motifs is 1. The quantitative estimate of drug-likeness (QED) is 0.288. The predicted molar refractivity (Wildman–Crippen MR) is 133 cm³/mol. The summed E-state index contributed by atoms with van der Waals surface area (Å²) in [6.07, 6.45) is 0. The second-order valence-electron chi connectivity index (χ2n) is 8.19. The first kappa shape index (κ1) is 25.8. The van der Waals surface area contributed by atoms with E-state index in [0.717, 1.165) is 16.6 Å². The Hall–Kier alpha value is -4.32. The standard InChI is InChI=1S/C27H23N5O4.Li/c28-27-29-23-9-1-2-10-24(23)31(27)13-14-36-21-8-4-6-19(16-21)22-11-12-25(33)32(30-22)17-18-5-3-7-20(15-18)26(34)35;/h1-12,15-16H,13-14,17H2,(H2,28,29)(H,34,35);/q;+1/p-1. The Labute approximate surface area is 224 Å². The van der Waals surface area contributed by atoms with Crippen LogP contribution in [0, 0.1) is 0 Å². The molecular formula is C27H22LiN5O4. The molecule has 0 aliphatic carbocycles. The maximum atomic E-state index is 12.4. The number of nitrogen functional groups attached to an aromatic ring is 1. The van der Waals surface area contributed by atoms with Crippen LogP contribution in [-0.2, 0) is 13.1 Å². The van der Waals surface area contributed by atoms with Crippen molar-refractivity contribution < 1.29 is 33.5 Å². The third-order valence-corrected chi connectivity index (χ3v) is 5.76. The number of ether oxygens (including phenoxy) is 1. The zero-order valence-corrected chi connectivity index (χ0v) is 20.2. The zero-order valence-electron chi connectivity index (χ0n) is 20.2. The van der Waals surface area contributed by atoms with E-state index in [1.165, 1.54) is 22.9 Å². The van der Waals surface area contributed by atoms with Crippen LogP contribution in [0.2, 0.25) is 0 Å². The summed E-state index contributed by atoms with van der Waals surface area (Å²) >= 11 is 0. The van der Waals surface area contributed by atoms with Crippen molar-refractivity contribution in [3.63, 3.8) is 0 Å². The van der Waals surface area contributed by atoms with Crippen molar-refractivity contribution in [2.45, 2.75) is 13.1 Å². The molecule has 5 rings (SSSR count). The minimum absolute atomic E-state index is 0. The normalized spacial score (nSPS) is 10.7. The number of carbonyl (C=O) groups is 1. The molecule has 0 spiro atoms. The summed E-state index contributed by atoms with van der Waals surface area (Å²) in [7, 11) is 0. The van der Waals surface area contributed by atoms with E-state index in [0.29, 0.717) is 36.1 Å². The van der Waals surface area contributed by atoms with E-state index < -0.39 is 5.97 Å². The Morgan fingerprint density at radius 3 is 2.62 bits per heavy atom. The Balaban J connectivity index is 0.00000320. The van der Waals surface area contributed by atoms with Crippen molar-refractivity contribution in [3.05, 3.63) is 106 Å². The van der Waals surface area contributed by atoms with Gasteiger partial charge in [-0.05, 0) is 47.5 Å². The van der Waals surface area contributed by atoms with Gasteiger partial charge in [0.05, 0.1) is 35.8 Å². The number of nitrogens with zero attached hydrogens (tertiary/aromatic N) is 4. The van der Waals surface area contributed by atoms with Crippen molar-refractivity contribution in [2.24, 2.45) is 0 Å². The molecule has 3 aromatic carbocycles. The van der Waals surface area contributed by atoms with Crippen LogP contribution in [0.15, 0.2) is 89.7 Å². The second-order valence-corrected chi connectivity index (χ2v) is 8.19. The summed E-state index contributed by atoms with van der Waals surface area (Å²) < 4.78 is 9.17. The summed E-state index contributed by atoms with van der Waals surface area (Å²) in [5.74, 6) is -0.187. The predicted octanol–water partition coefficient (Wildman–Crippen LogP) is -0.663. The number of benzene rings is 3. The van der Waals surface area contributed by atoms with Gasteiger partial charge in [0.25, 0.3) is 5.56 Å². The molecule has 5 aromatic rings. The number of hydrogen-bond acceptors (Lipinski definition) is 7. The molecule has 2 heterocycles. The van der Waals surface area contributed by atoms with E-state index in [4.69, 9.17) is 10.5 Å². The molecule has 0 fully saturated rings. The molecule has 0 saturated carbocycles. The Bertz CT molecular complexity index is 1630. The molecule has 0 radical (unpaired) electrons. The summed E-state index contributed by atoms with van der Waals surface area (Å²) in [6.45, 7) is 1.05. The maximum absolute atomic E-state index is 12.4. The third-order valence-electron chi connectivity index (χ3n) is 5.76. The average molecular weight is 487 g/mol. The van der Waals surface area contributed by atoms with Gasteiger partial charge < -0.3 is 24.9 Å². The minimum atomic E-state index is -1.27. The van der Waals surface area contributed by atoms with E-state index in [9.17, 15) is 14.7 Å². The first-order chi connectivity index (χ1) is 17.5. The third kappa shape index (κ3) is 5.75. The van der Waals surface area contributed by atoms with Crippen LogP contribution in [0.4, 0.5) is 5.95 Å². The fourth-order valence-corrected chi connectivity index (χ4v) is 4.01. The van der Waals surface area contributed by atoms with Gasteiger partial charge >= 0.3 is 18.9 Å². The number of rotatable bonds is 8. The maximum Gasteiger partial charge on any atom is 1.00 e. The van der Waals surface area contributed by atoms with E-state index in [1.807, 2.05) is 53.1 Å². The van der Waals surface area contributed by atoms with E-state index in [1.54, 1.807) is 18.2 Å². The van der Waals surface area contributed by atoms with Crippen molar-refractivity contribution in [3.8, 4) is 17.0 Å². The first-order valence-electron chi connectivity index (χ1n) is 11.3. The van der Waals surface area contributed by atoms with Crippen LogP contribution in [0.1, 0.15) is 15.9 Å². The molecule has 0 unspecified atom stereocenters. The van der Waals surface area contributed by atoms with Crippen LogP contribution < -0.4 is 40.0 Å². The molecule has 37 heavy (non-hydrogen) atoms. The molecule has 0 aliphatic heterocycles. The number of nitrogens with two attached hydrogens (primary N) is 1. The number of carboxylic acids is 1. The summed E-state index contributed by atoms with van der Waals surface area (Å²) in [4.78, 5) is 27.9. The zero-order chi connectivity index (χ0) is 25.1. The molecule has 180 valence electrons. The molecule has 2 aromatic heterocycles. The van der Waals surface area contributed by atoms with Crippen LogP contribution in [0.5, 0.6) is 5.75 Å². The fraction of sp³-hybridized carbons (Fsp3) is 0.111. The van der Waals surface area contributed by atoms with Gasteiger partial charge in [-0.1, -0.05) is 42.5 Å². The van der Waals surface area contributed by atoms with Gasteiger partial charge in [0.15, 0.2) is 0 Å².